The third kappa shape index (κ3) is 5.12. The molecule has 0 unspecified atom stereocenters. The van der Waals surface area contributed by atoms with Gasteiger partial charge in [-0.25, -0.2) is 14.8 Å². The number of nitrogens with one attached hydrogen (secondary N) is 3. The molecular formula is C16H26N6O. The van der Waals surface area contributed by atoms with Gasteiger partial charge in [0.2, 0.25) is 0 Å². The van der Waals surface area contributed by atoms with Gasteiger partial charge in [-0.3, -0.25) is 0 Å². The van der Waals surface area contributed by atoms with E-state index in [1.54, 1.807) is 6.33 Å². The second kappa shape index (κ2) is 8.36. The van der Waals surface area contributed by atoms with Crippen molar-refractivity contribution in [1.82, 2.24) is 20.6 Å². The highest BCUT2D eigenvalue weighted by Gasteiger charge is 2.26. The summed E-state index contributed by atoms with van der Waals surface area (Å²) in [6.07, 6.45) is 5.70. The fourth-order valence-corrected chi connectivity index (χ4v) is 2.61. The Bertz CT molecular complexity index is 555. The standard InChI is InChI=1S/C16H26N6O/c1-12(2)6-7-18-16(23)19-10-13-5-4-8-22(13)15-9-14(17-3)20-11-21-15/h6,9,11,13H,4-5,7-8,10H2,1-3H3,(H,17,20,21)(H2,18,19,23)/t13-/m1/s1. The van der Waals surface area contributed by atoms with E-state index in [1.165, 1.54) is 5.57 Å². The number of aromatic nitrogens is 2. The monoisotopic (exact) mass is 318 g/mol. The van der Waals surface area contributed by atoms with Crippen LogP contribution in [-0.2, 0) is 0 Å². The van der Waals surface area contributed by atoms with Crippen LogP contribution in [-0.4, -0.2) is 48.7 Å². The molecule has 1 saturated heterocycles. The Morgan fingerprint density at radius 3 is 2.96 bits per heavy atom. The minimum atomic E-state index is -0.132. The summed E-state index contributed by atoms with van der Waals surface area (Å²) < 4.78 is 0. The zero-order valence-corrected chi connectivity index (χ0v) is 14.1. The zero-order chi connectivity index (χ0) is 16.7. The summed E-state index contributed by atoms with van der Waals surface area (Å²) >= 11 is 0. The molecule has 2 amide bonds. The molecule has 1 aromatic heterocycles. The van der Waals surface area contributed by atoms with Crippen molar-refractivity contribution in [2.24, 2.45) is 0 Å². The van der Waals surface area contributed by atoms with Crippen molar-refractivity contribution in [3.05, 3.63) is 24.0 Å². The van der Waals surface area contributed by atoms with Crippen molar-refractivity contribution in [2.45, 2.75) is 32.7 Å². The van der Waals surface area contributed by atoms with Crippen LogP contribution in [0.15, 0.2) is 24.0 Å². The number of allylic oxidation sites excluding steroid dienone is 1. The Hall–Kier alpha value is -2.31. The largest absolute Gasteiger partial charge is 0.373 e. The van der Waals surface area contributed by atoms with E-state index < -0.39 is 0 Å². The number of nitrogens with zero attached hydrogens (tertiary/aromatic N) is 3. The summed E-state index contributed by atoms with van der Waals surface area (Å²) in [5.41, 5.74) is 1.19. The highest BCUT2D eigenvalue weighted by Crippen LogP contribution is 2.24. The Labute approximate surface area is 137 Å². The maximum Gasteiger partial charge on any atom is 0.315 e. The number of amides is 2. The van der Waals surface area contributed by atoms with Gasteiger partial charge in [-0.05, 0) is 26.7 Å². The molecule has 0 spiro atoms. The fourth-order valence-electron chi connectivity index (χ4n) is 2.61. The van der Waals surface area contributed by atoms with Crippen molar-refractivity contribution in [3.63, 3.8) is 0 Å². The molecule has 1 aliphatic heterocycles. The number of anilines is 2. The van der Waals surface area contributed by atoms with E-state index in [0.29, 0.717) is 13.1 Å². The maximum absolute atomic E-state index is 11.8. The highest BCUT2D eigenvalue weighted by molar-refractivity contribution is 5.74. The zero-order valence-electron chi connectivity index (χ0n) is 14.1. The van der Waals surface area contributed by atoms with Crippen LogP contribution in [0, 0.1) is 0 Å². The number of urea groups is 1. The van der Waals surface area contributed by atoms with Crippen LogP contribution in [0.3, 0.4) is 0 Å². The van der Waals surface area contributed by atoms with E-state index in [1.807, 2.05) is 33.0 Å². The molecule has 7 heteroatoms. The van der Waals surface area contributed by atoms with Gasteiger partial charge in [0.25, 0.3) is 0 Å². The minimum Gasteiger partial charge on any atom is -0.373 e. The normalized spacial score (nSPS) is 16.8. The van der Waals surface area contributed by atoms with E-state index in [0.717, 1.165) is 31.0 Å². The molecule has 1 atom stereocenters. The quantitative estimate of drug-likeness (QED) is 0.696. The van der Waals surface area contributed by atoms with Crippen molar-refractivity contribution in [2.75, 3.05) is 36.9 Å². The molecule has 1 aromatic rings. The molecule has 0 bridgehead atoms. The van der Waals surface area contributed by atoms with Crippen LogP contribution in [0.1, 0.15) is 26.7 Å². The topological polar surface area (TPSA) is 82.2 Å². The highest BCUT2D eigenvalue weighted by atomic mass is 16.2. The predicted molar refractivity (Wildman–Crippen MR) is 92.8 cm³/mol. The van der Waals surface area contributed by atoms with Gasteiger partial charge in [-0.15, -0.1) is 0 Å². The lowest BCUT2D eigenvalue weighted by Crippen LogP contribution is -2.44. The molecule has 2 rings (SSSR count). The average Bonchev–Trinajstić information content (AvgIpc) is 3.01. The third-order valence-corrected chi connectivity index (χ3v) is 3.85. The smallest absolute Gasteiger partial charge is 0.315 e. The number of carbonyl (C=O) groups is 1. The number of rotatable bonds is 6. The van der Waals surface area contributed by atoms with Gasteiger partial charge in [0.15, 0.2) is 0 Å². The third-order valence-electron chi connectivity index (χ3n) is 3.85. The summed E-state index contributed by atoms with van der Waals surface area (Å²) in [5.74, 6) is 1.70. The summed E-state index contributed by atoms with van der Waals surface area (Å²) in [7, 11) is 1.84. The van der Waals surface area contributed by atoms with Gasteiger partial charge in [0, 0.05) is 38.8 Å². The summed E-state index contributed by atoms with van der Waals surface area (Å²) in [6.45, 7) is 6.14. The van der Waals surface area contributed by atoms with E-state index in [9.17, 15) is 4.79 Å². The van der Waals surface area contributed by atoms with Gasteiger partial charge in [0.05, 0.1) is 0 Å². The van der Waals surface area contributed by atoms with Gasteiger partial charge in [-0.1, -0.05) is 11.6 Å². The number of hydrogen-bond acceptors (Lipinski definition) is 5. The Morgan fingerprint density at radius 2 is 2.22 bits per heavy atom. The Balaban J connectivity index is 1.86. The van der Waals surface area contributed by atoms with Gasteiger partial charge < -0.3 is 20.9 Å². The second-order valence-corrected chi connectivity index (χ2v) is 5.87. The van der Waals surface area contributed by atoms with Crippen molar-refractivity contribution < 1.29 is 4.79 Å². The first-order chi connectivity index (χ1) is 11.1. The summed E-state index contributed by atoms with van der Waals surface area (Å²) in [4.78, 5) is 22.6. The molecule has 0 radical (unpaired) electrons. The van der Waals surface area contributed by atoms with Crippen LogP contribution < -0.4 is 20.9 Å². The van der Waals surface area contributed by atoms with E-state index in [2.05, 4.69) is 30.8 Å². The molecule has 1 aliphatic rings. The summed E-state index contributed by atoms with van der Waals surface area (Å²) in [6, 6.07) is 2.07. The van der Waals surface area contributed by atoms with Crippen LogP contribution in [0.25, 0.3) is 0 Å². The van der Waals surface area contributed by atoms with Gasteiger partial charge in [-0.2, -0.15) is 0 Å². The van der Waals surface area contributed by atoms with Crippen molar-refractivity contribution >= 4 is 17.7 Å². The van der Waals surface area contributed by atoms with Crippen LogP contribution in [0.5, 0.6) is 0 Å². The average molecular weight is 318 g/mol. The molecule has 0 aliphatic carbocycles. The van der Waals surface area contributed by atoms with Crippen molar-refractivity contribution in [3.8, 4) is 0 Å². The SMILES string of the molecule is CNc1cc(N2CCC[C@@H]2CNC(=O)NCC=C(C)C)ncn1. The second-order valence-electron chi connectivity index (χ2n) is 5.87. The molecule has 0 aromatic carbocycles. The molecule has 1 fully saturated rings. The lowest BCUT2D eigenvalue weighted by atomic mass is 10.2. The number of hydrogen-bond donors (Lipinski definition) is 3. The molecule has 0 saturated carbocycles. The van der Waals surface area contributed by atoms with Crippen LogP contribution >= 0.6 is 0 Å². The first-order valence-corrected chi connectivity index (χ1v) is 8.01. The maximum atomic E-state index is 11.8. The lowest BCUT2D eigenvalue weighted by Gasteiger charge is -2.26. The summed E-state index contributed by atoms with van der Waals surface area (Å²) in [5, 5.41) is 8.80. The molecule has 2 heterocycles. The van der Waals surface area contributed by atoms with Gasteiger partial charge in [0.1, 0.15) is 18.0 Å². The van der Waals surface area contributed by atoms with Crippen LogP contribution in [0.2, 0.25) is 0 Å². The van der Waals surface area contributed by atoms with E-state index in [-0.39, 0.29) is 12.1 Å². The molecular weight excluding hydrogens is 292 g/mol. The van der Waals surface area contributed by atoms with Gasteiger partial charge >= 0.3 is 6.03 Å². The first-order valence-electron chi connectivity index (χ1n) is 8.01. The fraction of sp³-hybridized carbons (Fsp3) is 0.562. The molecule has 126 valence electrons. The Morgan fingerprint density at radius 1 is 1.39 bits per heavy atom. The number of carbonyl (C=O) groups excluding carboxylic acids is 1. The van der Waals surface area contributed by atoms with Crippen molar-refractivity contribution in [1.29, 1.82) is 0 Å². The lowest BCUT2D eigenvalue weighted by molar-refractivity contribution is 0.241. The Kier molecular flexibility index (Phi) is 6.19. The molecule has 23 heavy (non-hydrogen) atoms. The molecule has 3 N–H and O–H groups in total. The first kappa shape index (κ1) is 17.1. The van der Waals surface area contributed by atoms with Crippen LogP contribution in [0.4, 0.5) is 16.4 Å². The van der Waals surface area contributed by atoms with E-state index in [4.69, 9.17) is 0 Å². The minimum absolute atomic E-state index is 0.132. The predicted octanol–water partition coefficient (Wildman–Crippen LogP) is 1.75. The molecule has 7 nitrogen and oxygen atoms in total. The van der Waals surface area contributed by atoms with E-state index >= 15 is 0 Å².